The number of carbonyl (C=O) groups excluding carboxylic acids is 1. The van der Waals surface area contributed by atoms with Crippen LogP contribution in [0.2, 0.25) is 0 Å². The molecule has 0 bridgehead atoms. The lowest BCUT2D eigenvalue weighted by Gasteiger charge is -2.29. The molecule has 3 aromatic heterocycles. The molecule has 4 aromatic rings. The van der Waals surface area contributed by atoms with E-state index in [0.717, 1.165) is 50.5 Å². The molecule has 1 amide bonds. The normalized spacial score (nSPS) is 19.8. The third-order valence-corrected chi connectivity index (χ3v) is 7.31. The van der Waals surface area contributed by atoms with E-state index in [1.807, 2.05) is 18.2 Å². The first kappa shape index (κ1) is 24.3. The maximum Gasteiger partial charge on any atom is 0.256 e. The molecular weight excluding hydrogens is 489 g/mol. The van der Waals surface area contributed by atoms with Crippen LogP contribution < -0.4 is 20.7 Å². The third-order valence-electron chi connectivity index (χ3n) is 7.31. The third kappa shape index (κ3) is 4.45. The number of halogens is 1. The van der Waals surface area contributed by atoms with E-state index in [0.29, 0.717) is 34.4 Å². The summed E-state index contributed by atoms with van der Waals surface area (Å²) in [6.07, 6.45) is 7.48. The molecule has 0 saturated carbocycles. The Balaban J connectivity index is 1.27. The number of nitrogens with one attached hydrogen (secondary N) is 4. The van der Waals surface area contributed by atoms with Gasteiger partial charge in [-0.05, 0) is 38.4 Å². The number of likely N-dealkylation sites (tertiary alicyclic amines) is 1. The number of H-pyrrole nitrogens is 1. The number of ether oxygens (including phenoxy) is 1. The molecule has 2 atom stereocenters. The van der Waals surface area contributed by atoms with Crippen molar-refractivity contribution in [2.75, 3.05) is 37.4 Å². The molecule has 2 aliphatic heterocycles. The predicted molar refractivity (Wildman–Crippen MR) is 142 cm³/mol. The highest BCUT2D eigenvalue weighted by atomic mass is 19.1. The Bertz CT molecular complexity index is 1480. The number of nitrogens with zero attached hydrogens (tertiary/aromatic N) is 5. The fourth-order valence-corrected chi connectivity index (χ4v) is 5.54. The van der Waals surface area contributed by atoms with Crippen molar-refractivity contribution in [2.45, 2.75) is 31.3 Å². The van der Waals surface area contributed by atoms with Gasteiger partial charge >= 0.3 is 0 Å². The zero-order valence-corrected chi connectivity index (χ0v) is 21.3. The number of hydrogen-bond donors (Lipinski definition) is 4. The van der Waals surface area contributed by atoms with Gasteiger partial charge in [0.15, 0.2) is 5.82 Å². The maximum atomic E-state index is 15.0. The second-order valence-electron chi connectivity index (χ2n) is 9.70. The smallest absolute Gasteiger partial charge is 0.256 e. The summed E-state index contributed by atoms with van der Waals surface area (Å²) in [5.41, 5.74) is 2.63. The quantitative estimate of drug-likeness (QED) is 0.294. The second-order valence-corrected chi connectivity index (χ2v) is 9.70. The van der Waals surface area contributed by atoms with E-state index in [-0.39, 0.29) is 23.6 Å². The van der Waals surface area contributed by atoms with Crippen molar-refractivity contribution in [1.29, 1.82) is 0 Å². The Morgan fingerprint density at radius 1 is 1.26 bits per heavy atom. The number of carbonyl (C=O) groups is 1. The summed E-state index contributed by atoms with van der Waals surface area (Å²) in [7, 11) is 3.28. The van der Waals surface area contributed by atoms with Crippen LogP contribution in [0.15, 0.2) is 36.8 Å². The van der Waals surface area contributed by atoms with Crippen LogP contribution in [0.5, 0.6) is 5.88 Å². The van der Waals surface area contributed by atoms with E-state index in [1.54, 1.807) is 24.1 Å². The number of anilines is 3. The molecule has 2 saturated heterocycles. The Morgan fingerprint density at radius 3 is 2.97 bits per heavy atom. The van der Waals surface area contributed by atoms with E-state index < -0.39 is 5.82 Å². The largest absolute Gasteiger partial charge is 0.478 e. The van der Waals surface area contributed by atoms with Gasteiger partial charge in [0.2, 0.25) is 11.9 Å². The van der Waals surface area contributed by atoms with Crippen LogP contribution in [0.1, 0.15) is 19.3 Å². The number of aryl methyl sites for hydroxylation is 1. The zero-order valence-electron chi connectivity index (χ0n) is 21.3. The van der Waals surface area contributed by atoms with E-state index >= 15 is 0 Å². The summed E-state index contributed by atoms with van der Waals surface area (Å²) in [5.74, 6) is 0.00712. The van der Waals surface area contributed by atoms with Crippen LogP contribution >= 0.6 is 0 Å². The van der Waals surface area contributed by atoms with Gasteiger partial charge < -0.3 is 25.7 Å². The highest BCUT2D eigenvalue weighted by Crippen LogP contribution is 2.34. The number of fused-ring (bicyclic) bond motifs is 1. The van der Waals surface area contributed by atoms with Crippen molar-refractivity contribution >= 4 is 34.1 Å². The molecule has 11 nitrogen and oxygen atoms in total. The molecule has 5 heterocycles. The van der Waals surface area contributed by atoms with Gasteiger partial charge in [-0.3, -0.25) is 14.4 Å². The summed E-state index contributed by atoms with van der Waals surface area (Å²) in [6, 6.07) is 5.83. The van der Waals surface area contributed by atoms with Crippen molar-refractivity contribution in [1.82, 2.24) is 34.9 Å². The monoisotopic (exact) mass is 519 g/mol. The van der Waals surface area contributed by atoms with E-state index in [1.165, 1.54) is 7.11 Å². The van der Waals surface area contributed by atoms with Gasteiger partial charge in [-0.1, -0.05) is 12.1 Å². The lowest BCUT2D eigenvalue weighted by atomic mass is 10.1. The minimum Gasteiger partial charge on any atom is -0.478 e. The van der Waals surface area contributed by atoms with Crippen LogP contribution in [-0.2, 0) is 11.8 Å². The second kappa shape index (κ2) is 10.0. The highest BCUT2D eigenvalue weighted by molar-refractivity contribution is 6.06. The van der Waals surface area contributed by atoms with E-state index in [4.69, 9.17) is 4.74 Å². The fourth-order valence-electron chi connectivity index (χ4n) is 5.54. The molecular formula is C26H30FN9O2. The summed E-state index contributed by atoms with van der Waals surface area (Å²) in [6.45, 7) is 2.86. The van der Waals surface area contributed by atoms with Gasteiger partial charge in [-0.2, -0.15) is 0 Å². The molecule has 0 radical (unpaired) electrons. The van der Waals surface area contributed by atoms with Crippen LogP contribution in [0.25, 0.3) is 22.2 Å². The molecule has 2 fully saturated rings. The lowest BCUT2D eigenvalue weighted by molar-refractivity contribution is -0.120. The highest BCUT2D eigenvalue weighted by Gasteiger charge is 2.36. The van der Waals surface area contributed by atoms with Crippen molar-refractivity contribution in [3.63, 3.8) is 0 Å². The minimum atomic E-state index is -0.559. The molecule has 2 aliphatic rings. The number of rotatable bonds is 7. The number of para-hydroxylation sites is 1. The maximum absolute atomic E-state index is 15.0. The van der Waals surface area contributed by atoms with Crippen LogP contribution in [-0.4, -0.2) is 74.4 Å². The first-order valence-electron chi connectivity index (χ1n) is 12.8. The Labute approximate surface area is 218 Å². The number of methoxy groups -OCH3 is 1. The molecule has 4 N–H and O–H groups in total. The molecule has 1 aromatic carbocycles. The summed E-state index contributed by atoms with van der Waals surface area (Å²) in [5, 5.41) is 14.5. The van der Waals surface area contributed by atoms with E-state index in [2.05, 4.69) is 40.9 Å². The predicted octanol–water partition coefficient (Wildman–Crippen LogP) is 3.01. The SMILES string of the molecule is COc1nn(C)cc1Nc1ncc(F)c(-c2c[nH]c3c(NC(=O)[C@H]4CCCN4C4CCNC4)cccc23)n1. The van der Waals surface area contributed by atoms with Gasteiger partial charge in [-0.15, -0.1) is 5.10 Å². The topological polar surface area (TPSA) is 125 Å². The molecule has 0 aliphatic carbocycles. The average Bonchev–Trinajstić information content (AvgIpc) is 3.71. The Morgan fingerprint density at radius 2 is 2.16 bits per heavy atom. The molecule has 38 heavy (non-hydrogen) atoms. The number of benzene rings is 1. The van der Waals surface area contributed by atoms with Gasteiger partial charge in [0.25, 0.3) is 5.88 Å². The van der Waals surface area contributed by atoms with Crippen molar-refractivity contribution < 1.29 is 13.9 Å². The first-order valence-corrected chi connectivity index (χ1v) is 12.8. The zero-order chi connectivity index (χ0) is 26.2. The van der Waals surface area contributed by atoms with Gasteiger partial charge in [0.1, 0.15) is 11.4 Å². The van der Waals surface area contributed by atoms with Crippen molar-refractivity contribution in [2.24, 2.45) is 7.05 Å². The molecule has 198 valence electrons. The lowest BCUT2D eigenvalue weighted by Crippen LogP contribution is -2.46. The molecule has 0 spiro atoms. The van der Waals surface area contributed by atoms with Gasteiger partial charge in [0.05, 0.1) is 36.7 Å². The molecule has 1 unspecified atom stereocenters. The number of hydrogen-bond acceptors (Lipinski definition) is 8. The van der Waals surface area contributed by atoms with Gasteiger partial charge in [-0.25, -0.2) is 14.4 Å². The Kier molecular flexibility index (Phi) is 6.42. The summed E-state index contributed by atoms with van der Waals surface area (Å²) in [4.78, 5) is 27.4. The standard InChI is InChI=1S/C26H30FN9O2/c1-35-14-20(25(34-35)38-2)32-26-30-13-18(27)22(33-26)17-12-29-23-16(17)5-3-6-19(23)31-24(37)21-7-4-10-36(21)15-8-9-28-11-15/h3,5-6,12-15,21,28-29H,4,7-11H2,1-2H3,(H,31,37)(H,30,32,33)/t15?,21-/m1/s1. The minimum absolute atomic E-state index is 0.0110. The number of aromatic nitrogens is 5. The van der Waals surface area contributed by atoms with Gasteiger partial charge in [0, 0.05) is 36.8 Å². The number of aromatic amines is 1. The van der Waals surface area contributed by atoms with Crippen LogP contribution in [0.4, 0.5) is 21.7 Å². The summed E-state index contributed by atoms with van der Waals surface area (Å²) >= 11 is 0. The first-order chi connectivity index (χ1) is 18.5. The van der Waals surface area contributed by atoms with Crippen LogP contribution in [0.3, 0.4) is 0 Å². The Hall–Kier alpha value is -4.03. The molecule has 12 heteroatoms. The fraction of sp³-hybridized carbons (Fsp3) is 0.385. The summed E-state index contributed by atoms with van der Waals surface area (Å²) < 4.78 is 21.8. The van der Waals surface area contributed by atoms with Crippen LogP contribution in [0, 0.1) is 5.82 Å². The van der Waals surface area contributed by atoms with E-state index in [9.17, 15) is 9.18 Å². The average molecular weight is 520 g/mol. The molecule has 6 rings (SSSR count). The van der Waals surface area contributed by atoms with Crippen molar-refractivity contribution in [3.05, 3.63) is 42.6 Å². The number of amides is 1. The van der Waals surface area contributed by atoms with Crippen molar-refractivity contribution in [3.8, 4) is 17.1 Å².